The number of hydrogen-bond acceptors (Lipinski definition) is 3. The van der Waals surface area contributed by atoms with Crippen molar-refractivity contribution in [1.82, 2.24) is 5.32 Å². The summed E-state index contributed by atoms with van der Waals surface area (Å²) in [6.45, 7) is 7.88. The first-order valence-corrected chi connectivity index (χ1v) is 7.57. The lowest BCUT2D eigenvalue weighted by atomic mass is 9.87. The molecule has 21 heavy (non-hydrogen) atoms. The SMILES string of the molecule is CC(C)(C)c1cccc(OCC(=O)NCC2CCCO2)c1. The maximum absolute atomic E-state index is 11.8. The van der Waals surface area contributed by atoms with Crippen LogP contribution in [0, 0.1) is 0 Å². The maximum Gasteiger partial charge on any atom is 0.258 e. The van der Waals surface area contributed by atoms with Crippen LogP contribution in [0.4, 0.5) is 0 Å². The molecule has 0 bridgehead atoms. The second-order valence-electron chi connectivity index (χ2n) is 6.51. The van der Waals surface area contributed by atoms with Gasteiger partial charge in [0.1, 0.15) is 5.75 Å². The number of amides is 1. The fourth-order valence-electron chi connectivity index (χ4n) is 2.29. The molecular formula is C17H25NO3. The summed E-state index contributed by atoms with van der Waals surface area (Å²) in [6.07, 6.45) is 2.27. The van der Waals surface area contributed by atoms with Crippen molar-refractivity contribution in [3.63, 3.8) is 0 Å². The van der Waals surface area contributed by atoms with E-state index < -0.39 is 0 Å². The molecule has 0 aliphatic carbocycles. The van der Waals surface area contributed by atoms with Crippen molar-refractivity contribution in [2.75, 3.05) is 19.8 Å². The molecule has 1 aromatic rings. The van der Waals surface area contributed by atoms with E-state index in [0.717, 1.165) is 25.2 Å². The normalized spacial score (nSPS) is 18.5. The van der Waals surface area contributed by atoms with E-state index in [4.69, 9.17) is 9.47 Å². The van der Waals surface area contributed by atoms with Gasteiger partial charge in [-0.05, 0) is 36.0 Å². The minimum atomic E-state index is -0.105. The summed E-state index contributed by atoms with van der Waals surface area (Å²) < 4.78 is 11.0. The number of carbonyl (C=O) groups is 1. The molecule has 1 amide bonds. The summed E-state index contributed by atoms with van der Waals surface area (Å²) in [5, 5.41) is 2.85. The topological polar surface area (TPSA) is 47.6 Å². The Hall–Kier alpha value is -1.55. The van der Waals surface area contributed by atoms with Gasteiger partial charge in [-0.1, -0.05) is 32.9 Å². The van der Waals surface area contributed by atoms with Gasteiger partial charge in [-0.25, -0.2) is 0 Å². The minimum Gasteiger partial charge on any atom is -0.484 e. The zero-order chi connectivity index (χ0) is 15.3. The third-order valence-corrected chi connectivity index (χ3v) is 3.62. The van der Waals surface area contributed by atoms with Gasteiger partial charge in [0.05, 0.1) is 6.10 Å². The molecule has 1 fully saturated rings. The third kappa shape index (κ3) is 5.05. The molecule has 2 rings (SSSR count). The molecule has 1 aliphatic rings. The van der Waals surface area contributed by atoms with Gasteiger partial charge in [-0.15, -0.1) is 0 Å². The van der Waals surface area contributed by atoms with Crippen molar-refractivity contribution >= 4 is 5.91 Å². The van der Waals surface area contributed by atoms with Crippen LogP contribution >= 0.6 is 0 Å². The molecule has 1 unspecified atom stereocenters. The smallest absolute Gasteiger partial charge is 0.258 e. The highest BCUT2D eigenvalue weighted by Gasteiger charge is 2.17. The van der Waals surface area contributed by atoms with Crippen molar-refractivity contribution in [3.05, 3.63) is 29.8 Å². The minimum absolute atomic E-state index is 0.0420. The van der Waals surface area contributed by atoms with Gasteiger partial charge in [-0.2, -0.15) is 0 Å². The summed E-state index contributed by atoms with van der Waals surface area (Å²) in [7, 11) is 0. The Morgan fingerprint density at radius 1 is 1.43 bits per heavy atom. The van der Waals surface area contributed by atoms with E-state index >= 15 is 0 Å². The van der Waals surface area contributed by atoms with Crippen LogP contribution in [0.3, 0.4) is 0 Å². The highest BCUT2D eigenvalue weighted by molar-refractivity contribution is 5.77. The van der Waals surface area contributed by atoms with Gasteiger partial charge in [-0.3, -0.25) is 4.79 Å². The number of benzene rings is 1. The summed E-state index contributed by atoms with van der Waals surface area (Å²) in [5.74, 6) is 0.626. The molecule has 1 aliphatic heterocycles. The molecule has 1 atom stereocenters. The molecule has 0 saturated carbocycles. The van der Waals surface area contributed by atoms with Gasteiger partial charge in [0.25, 0.3) is 5.91 Å². The van der Waals surface area contributed by atoms with E-state index in [-0.39, 0.29) is 24.0 Å². The van der Waals surface area contributed by atoms with Crippen LogP contribution in [0.5, 0.6) is 5.75 Å². The highest BCUT2D eigenvalue weighted by atomic mass is 16.5. The van der Waals surface area contributed by atoms with Gasteiger partial charge in [0.15, 0.2) is 6.61 Å². The van der Waals surface area contributed by atoms with E-state index in [1.807, 2.05) is 18.2 Å². The van der Waals surface area contributed by atoms with E-state index in [0.29, 0.717) is 6.54 Å². The first-order chi connectivity index (χ1) is 9.95. The standard InChI is InChI=1S/C17H25NO3/c1-17(2,3)13-6-4-7-14(10-13)21-12-16(19)18-11-15-8-5-9-20-15/h4,6-7,10,15H,5,8-9,11-12H2,1-3H3,(H,18,19). The average Bonchev–Trinajstić information content (AvgIpc) is 2.95. The Bertz CT molecular complexity index is 473. The molecule has 4 nitrogen and oxygen atoms in total. The Morgan fingerprint density at radius 2 is 2.24 bits per heavy atom. The van der Waals surface area contributed by atoms with Gasteiger partial charge in [0.2, 0.25) is 0 Å². The highest BCUT2D eigenvalue weighted by Crippen LogP contribution is 2.25. The van der Waals surface area contributed by atoms with E-state index in [1.165, 1.54) is 5.56 Å². The van der Waals surface area contributed by atoms with Crippen molar-refractivity contribution in [3.8, 4) is 5.75 Å². The zero-order valence-electron chi connectivity index (χ0n) is 13.1. The molecule has 0 aromatic heterocycles. The Labute approximate surface area is 126 Å². The van der Waals surface area contributed by atoms with E-state index in [2.05, 4.69) is 32.2 Å². The van der Waals surface area contributed by atoms with Crippen LogP contribution in [0.1, 0.15) is 39.2 Å². The molecule has 4 heteroatoms. The van der Waals surface area contributed by atoms with Gasteiger partial charge < -0.3 is 14.8 Å². The number of ether oxygens (including phenoxy) is 2. The number of rotatable bonds is 5. The number of carbonyl (C=O) groups excluding carboxylic acids is 1. The number of hydrogen-bond donors (Lipinski definition) is 1. The predicted molar refractivity (Wildman–Crippen MR) is 82.6 cm³/mol. The van der Waals surface area contributed by atoms with Crippen LogP contribution in [0.15, 0.2) is 24.3 Å². The Balaban J connectivity index is 1.78. The monoisotopic (exact) mass is 291 g/mol. The molecule has 0 radical (unpaired) electrons. The van der Waals surface area contributed by atoms with Crippen LogP contribution in [-0.4, -0.2) is 31.8 Å². The summed E-state index contributed by atoms with van der Waals surface area (Å²) in [5.41, 5.74) is 1.27. The van der Waals surface area contributed by atoms with Crippen LogP contribution in [-0.2, 0) is 14.9 Å². The van der Waals surface area contributed by atoms with Crippen LogP contribution < -0.4 is 10.1 Å². The summed E-state index contributed by atoms with van der Waals surface area (Å²) in [6, 6.07) is 7.90. The largest absolute Gasteiger partial charge is 0.484 e. The Morgan fingerprint density at radius 3 is 2.90 bits per heavy atom. The first kappa shape index (κ1) is 15.8. The lowest BCUT2D eigenvalue weighted by Gasteiger charge is -2.19. The van der Waals surface area contributed by atoms with Gasteiger partial charge >= 0.3 is 0 Å². The number of nitrogens with one attached hydrogen (secondary N) is 1. The molecule has 1 heterocycles. The Kier molecular flexibility index (Phi) is 5.23. The fraction of sp³-hybridized carbons (Fsp3) is 0.588. The van der Waals surface area contributed by atoms with Crippen LogP contribution in [0.25, 0.3) is 0 Å². The summed E-state index contributed by atoms with van der Waals surface area (Å²) >= 11 is 0. The molecule has 1 aromatic carbocycles. The molecule has 1 N–H and O–H groups in total. The zero-order valence-corrected chi connectivity index (χ0v) is 13.1. The fourth-order valence-corrected chi connectivity index (χ4v) is 2.29. The second-order valence-corrected chi connectivity index (χ2v) is 6.51. The lowest BCUT2D eigenvalue weighted by Crippen LogP contribution is -2.35. The van der Waals surface area contributed by atoms with Gasteiger partial charge in [0, 0.05) is 13.2 Å². The molecule has 1 saturated heterocycles. The maximum atomic E-state index is 11.8. The summed E-state index contributed by atoms with van der Waals surface area (Å²) in [4.78, 5) is 11.8. The molecule has 116 valence electrons. The lowest BCUT2D eigenvalue weighted by molar-refractivity contribution is -0.123. The average molecular weight is 291 g/mol. The van der Waals surface area contributed by atoms with Crippen molar-refractivity contribution in [2.24, 2.45) is 0 Å². The quantitative estimate of drug-likeness (QED) is 0.907. The van der Waals surface area contributed by atoms with Crippen molar-refractivity contribution in [1.29, 1.82) is 0 Å². The second kappa shape index (κ2) is 6.94. The molecule has 0 spiro atoms. The predicted octanol–water partition coefficient (Wildman–Crippen LogP) is 2.66. The van der Waals surface area contributed by atoms with Crippen LogP contribution in [0.2, 0.25) is 0 Å². The van der Waals surface area contributed by atoms with Crippen molar-refractivity contribution < 1.29 is 14.3 Å². The third-order valence-electron chi connectivity index (χ3n) is 3.62. The van der Waals surface area contributed by atoms with E-state index in [1.54, 1.807) is 0 Å². The molecular weight excluding hydrogens is 266 g/mol. The van der Waals surface area contributed by atoms with Crippen molar-refractivity contribution in [2.45, 2.75) is 45.1 Å². The first-order valence-electron chi connectivity index (χ1n) is 7.57. The van der Waals surface area contributed by atoms with E-state index in [9.17, 15) is 4.79 Å².